The van der Waals surface area contributed by atoms with Crippen molar-refractivity contribution in [3.05, 3.63) is 0 Å². The maximum absolute atomic E-state index is 9.07. The first-order chi connectivity index (χ1) is 4.73. The van der Waals surface area contributed by atoms with Crippen LogP contribution in [0, 0.1) is 0 Å². The molecule has 6 heteroatoms. The smallest absolute Gasteiger partial charge is 0.767 e. The van der Waals surface area contributed by atoms with E-state index in [4.69, 9.17) is 4.79 Å². The molecule has 2 nitrogen and oxygen atoms in total. The van der Waals surface area contributed by atoms with Crippen LogP contribution in [0.25, 0.3) is 0 Å². The van der Waals surface area contributed by atoms with E-state index in [9.17, 15) is 0 Å². The predicted octanol–water partition coefficient (Wildman–Crippen LogP) is -5.03. The molecule has 0 saturated carbocycles. The number of carbonyl (C=O) groups excluding carboxylic acids is 1. The molecular formula is C6H11NNa2OS2. The third kappa shape index (κ3) is 22.7. The quantitative estimate of drug-likeness (QED) is 0.329. The van der Waals surface area contributed by atoms with Gasteiger partial charge in [-0.25, -0.2) is 0 Å². The summed E-state index contributed by atoms with van der Waals surface area (Å²) < 4.78 is -0.667. The van der Waals surface area contributed by atoms with E-state index in [2.05, 4.69) is 30.6 Å². The molecular weight excluding hydrogens is 212 g/mol. The SMILES string of the molecule is C1CCNCC1.O=C([S-])[S-].[Na+].[Na+]. The summed E-state index contributed by atoms with van der Waals surface area (Å²) in [6, 6.07) is 0. The second-order valence-electron chi connectivity index (χ2n) is 2.06. The minimum Gasteiger partial charge on any atom is -0.767 e. The molecule has 0 aliphatic carbocycles. The summed E-state index contributed by atoms with van der Waals surface area (Å²) in [4.78, 5) is 9.07. The topological polar surface area (TPSA) is 29.1 Å². The molecule has 0 radical (unpaired) electrons. The Labute approximate surface area is 129 Å². The van der Waals surface area contributed by atoms with E-state index >= 15 is 0 Å². The Balaban J connectivity index is -0.000000124. The van der Waals surface area contributed by atoms with Gasteiger partial charge in [0.05, 0.1) is 0 Å². The van der Waals surface area contributed by atoms with Gasteiger partial charge in [-0.1, -0.05) is 6.42 Å². The normalized spacial score (nSPS) is 14.0. The molecule has 0 aromatic carbocycles. The zero-order valence-corrected chi connectivity index (χ0v) is 13.4. The van der Waals surface area contributed by atoms with Crippen molar-refractivity contribution in [2.45, 2.75) is 19.3 Å². The van der Waals surface area contributed by atoms with E-state index in [0.717, 1.165) is 0 Å². The van der Waals surface area contributed by atoms with Crippen LogP contribution in [0.3, 0.4) is 0 Å². The summed E-state index contributed by atoms with van der Waals surface area (Å²) in [6.45, 7) is 2.50. The number of piperidine rings is 1. The fourth-order valence-electron chi connectivity index (χ4n) is 0.802. The zero-order chi connectivity index (χ0) is 7.82. The van der Waals surface area contributed by atoms with E-state index in [-0.39, 0.29) is 59.1 Å². The Morgan fingerprint density at radius 2 is 1.33 bits per heavy atom. The molecule has 1 aliphatic rings. The molecule has 0 bridgehead atoms. The van der Waals surface area contributed by atoms with Crippen LogP contribution in [-0.4, -0.2) is 17.5 Å². The Morgan fingerprint density at radius 3 is 1.42 bits per heavy atom. The number of rotatable bonds is 0. The van der Waals surface area contributed by atoms with Crippen molar-refractivity contribution < 1.29 is 63.9 Å². The van der Waals surface area contributed by atoms with Crippen LogP contribution in [-0.2, 0) is 25.3 Å². The van der Waals surface area contributed by atoms with E-state index in [1.54, 1.807) is 0 Å². The van der Waals surface area contributed by atoms with Crippen molar-refractivity contribution in [3.63, 3.8) is 0 Å². The minimum absolute atomic E-state index is 0. The second kappa shape index (κ2) is 15.5. The van der Waals surface area contributed by atoms with Crippen molar-refractivity contribution in [2.24, 2.45) is 0 Å². The summed E-state index contributed by atoms with van der Waals surface area (Å²) in [6.07, 6.45) is 4.22. The fourth-order valence-corrected chi connectivity index (χ4v) is 0.802. The van der Waals surface area contributed by atoms with Gasteiger partial charge in [-0.2, -0.15) is 0 Å². The van der Waals surface area contributed by atoms with E-state index in [1.807, 2.05) is 0 Å². The second-order valence-corrected chi connectivity index (χ2v) is 3.06. The molecule has 1 aliphatic heterocycles. The third-order valence-corrected chi connectivity index (χ3v) is 1.21. The van der Waals surface area contributed by atoms with Gasteiger partial charge in [-0.05, 0) is 25.9 Å². The van der Waals surface area contributed by atoms with Gasteiger partial charge in [0.15, 0.2) is 0 Å². The van der Waals surface area contributed by atoms with Crippen LogP contribution in [0.2, 0.25) is 0 Å². The minimum atomic E-state index is -0.667. The monoisotopic (exact) mass is 223 g/mol. The molecule has 12 heavy (non-hydrogen) atoms. The van der Waals surface area contributed by atoms with Crippen LogP contribution in [0.5, 0.6) is 0 Å². The van der Waals surface area contributed by atoms with Gasteiger partial charge in [0.25, 0.3) is 0 Å². The van der Waals surface area contributed by atoms with Gasteiger partial charge >= 0.3 is 59.1 Å². The molecule has 1 fully saturated rings. The first-order valence-electron chi connectivity index (χ1n) is 3.32. The third-order valence-electron chi connectivity index (χ3n) is 1.21. The van der Waals surface area contributed by atoms with E-state index < -0.39 is 4.45 Å². The molecule has 0 aromatic rings. The molecule has 60 valence electrons. The van der Waals surface area contributed by atoms with Gasteiger partial charge in [0.1, 0.15) is 0 Å². The van der Waals surface area contributed by atoms with Crippen LogP contribution in [0.1, 0.15) is 19.3 Å². The molecule has 0 amide bonds. The Kier molecular flexibility index (Phi) is 25.4. The summed E-state index contributed by atoms with van der Waals surface area (Å²) in [5.74, 6) is 0. The van der Waals surface area contributed by atoms with Gasteiger partial charge < -0.3 is 35.4 Å². The van der Waals surface area contributed by atoms with Crippen LogP contribution >= 0.6 is 0 Å². The van der Waals surface area contributed by atoms with Gasteiger partial charge in [0.2, 0.25) is 0 Å². The molecule has 0 atom stereocenters. The number of carbonyl (C=O) groups is 1. The molecule has 1 saturated heterocycles. The number of hydrogen-bond acceptors (Lipinski definition) is 4. The average molecular weight is 223 g/mol. The van der Waals surface area contributed by atoms with Crippen molar-refractivity contribution in [1.82, 2.24) is 5.32 Å². The van der Waals surface area contributed by atoms with Gasteiger partial charge in [-0.15, -0.1) is 4.45 Å². The van der Waals surface area contributed by atoms with Crippen molar-refractivity contribution >= 4 is 29.7 Å². The summed E-state index contributed by atoms with van der Waals surface area (Å²) in [5, 5.41) is 3.28. The van der Waals surface area contributed by atoms with Gasteiger partial charge in [-0.3, -0.25) is 0 Å². The Morgan fingerprint density at radius 1 is 1.00 bits per heavy atom. The molecule has 0 aromatic heterocycles. The first kappa shape index (κ1) is 19.6. The summed E-state index contributed by atoms with van der Waals surface area (Å²) in [7, 11) is 0. The fraction of sp³-hybridized carbons (Fsp3) is 0.833. The van der Waals surface area contributed by atoms with E-state index in [0.29, 0.717) is 0 Å². The summed E-state index contributed by atoms with van der Waals surface area (Å²) >= 11 is 7.59. The van der Waals surface area contributed by atoms with Crippen LogP contribution in [0.15, 0.2) is 0 Å². The zero-order valence-electron chi connectivity index (χ0n) is 7.76. The van der Waals surface area contributed by atoms with Crippen molar-refractivity contribution in [2.75, 3.05) is 13.1 Å². The standard InChI is InChI=1S/C5H11N.CH2OS2.2Na/c1-2-4-6-5-3-1;2-1(3)4;;/h6H,1-5H2;(H2,2,3,4);;/q;;2*+1/p-2. The number of hydrogen-bond donors (Lipinski definition) is 1. The Bertz CT molecular complexity index is 86.0. The summed E-state index contributed by atoms with van der Waals surface area (Å²) in [5.41, 5.74) is 0. The Hall–Kier alpha value is 2.07. The molecule has 0 unspecified atom stereocenters. The average Bonchev–Trinajstić information content (AvgIpc) is 1.90. The predicted molar refractivity (Wildman–Crippen MR) is 46.8 cm³/mol. The van der Waals surface area contributed by atoms with Crippen LogP contribution in [0.4, 0.5) is 4.79 Å². The van der Waals surface area contributed by atoms with Crippen LogP contribution < -0.4 is 64.4 Å². The van der Waals surface area contributed by atoms with E-state index in [1.165, 1.54) is 32.4 Å². The van der Waals surface area contributed by atoms with Crippen molar-refractivity contribution in [3.8, 4) is 0 Å². The maximum Gasteiger partial charge on any atom is 1.00 e. The largest absolute Gasteiger partial charge is 1.00 e. The molecule has 1 N–H and O–H groups in total. The molecule has 0 spiro atoms. The van der Waals surface area contributed by atoms with Crippen molar-refractivity contribution in [1.29, 1.82) is 0 Å². The maximum atomic E-state index is 9.07. The molecule has 1 rings (SSSR count). The number of nitrogens with one attached hydrogen (secondary N) is 1. The first-order valence-corrected chi connectivity index (χ1v) is 4.14. The van der Waals surface area contributed by atoms with Gasteiger partial charge in [0, 0.05) is 0 Å². The molecule has 1 heterocycles.